The van der Waals surface area contributed by atoms with E-state index in [4.69, 9.17) is 0 Å². The summed E-state index contributed by atoms with van der Waals surface area (Å²) in [6.45, 7) is 13.0. The van der Waals surface area contributed by atoms with Crippen LogP contribution in [0.2, 0.25) is 0 Å². The van der Waals surface area contributed by atoms with Crippen LogP contribution in [0.15, 0.2) is 18.2 Å². The molecule has 0 aliphatic carbocycles. The molecule has 0 bridgehead atoms. The Bertz CT molecular complexity index is 432. The fourth-order valence-corrected chi connectivity index (χ4v) is 1.73. The summed E-state index contributed by atoms with van der Waals surface area (Å²) in [4.78, 5) is 11.4. The van der Waals surface area contributed by atoms with Crippen LogP contribution in [0.5, 0.6) is 0 Å². The third-order valence-electron chi connectivity index (χ3n) is 3.10. The van der Waals surface area contributed by atoms with Gasteiger partial charge < -0.3 is 4.74 Å². The van der Waals surface area contributed by atoms with Gasteiger partial charge in [-0.05, 0) is 34.1 Å². The summed E-state index contributed by atoms with van der Waals surface area (Å²) in [7, 11) is 1.37. The van der Waals surface area contributed by atoms with E-state index < -0.39 is 6.09 Å². The SMILES string of the molecule is COC(=O)Nc1cc(C(C)(C)C)cc(C(C)(C)C)c1. The summed E-state index contributed by atoms with van der Waals surface area (Å²) >= 11 is 0. The average Bonchev–Trinajstić information content (AvgIpc) is 2.26. The van der Waals surface area contributed by atoms with Gasteiger partial charge in [-0.1, -0.05) is 47.6 Å². The van der Waals surface area contributed by atoms with Gasteiger partial charge in [0.25, 0.3) is 0 Å². The zero-order chi connectivity index (χ0) is 14.8. The number of carbonyl (C=O) groups excluding carboxylic acids is 1. The van der Waals surface area contributed by atoms with Crippen LogP contribution in [0.25, 0.3) is 0 Å². The van der Waals surface area contributed by atoms with Crippen LogP contribution in [-0.2, 0) is 15.6 Å². The molecule has 0 saturated carbocycles. The second kappa shape index (κ2) is 5.24. The average molecular weight is 263 g/mol. The third kappa shape index (κ3) is 4.27. The lowest BCUT2D eigenvalue weighted by Gasteiger charge is -2.26. The number of ether oxygens (including phenoxy) is 1. The lowest BCUT2D eigenvalue weighted by Crippen LogP contribution is -2.18. The third-order valence-corrected chi connectivity index (χ3v) is 3.10. The minimum atomic E-state index is -0.439. The van der Waals surface area contributed by atoms with E-state index in [0.29, 0.717) is 0 Å². The predicted molar refractivity (Wildman–Crippen MR) is 79.9 cm³/mol. The second-order valence-electron chi connectivity index (χ2n) is 6.92. The lowest BCUT2D eigenvalue weighted by molar-refractivity contribution is 0.187. The van der Waals surface area contributed by atoms with Crippen molar-refractivity contribution in [3.63, 3.8) is 0 Å². The van der Waals surface area contributed by atoms with Gasteiger partial charge in [-0.2, -0.15) is 0 Å². The molecule has 0 aliphatic rings. The van der Waals surface area contributed by atoms with Crippen molar-refractivity contribution in [3.8, 4) is 0 Å². The van der Waals surface area contributed by atoms with Crippen LogP contribution in [0.3, 0.4) is 0 Å². The smallest absolute Gasteiger partial charge is 0.411 e. The summed E-state index contributed by atoms with van der Waals surface area (Å²) in [6, 6.07) is 6.22. The number of benzene rings is 1. The van der Waals surface area contributed by atoms with Crippen LogP contribution in [0.1, 0.15) is 52.7 Å². The highest BCUT2D eigenvalue weighted by Gasteiger charge is 2.20. The van der Waals surface area contributed by atoms with E-state index in [-0.39, 0.29) is 10.8 Å². The van der Waals surface area contributed by atoms with Gasteiger partial charge in [-0.3, -0.25) is 5.32 Å². The predicted octanol–water partition coefficient (Wildman–Crippen LogP) is 4.46. The summed E-state index contributed by atoms with van der Waals surface area (Å²) in [5.74, 6) is 0. The van der Waals surface area contributed by atoms with Crippen LogP contribution in [-0.4, -0.2) is 13.2 Å². The first-order valence-electron chi connectivity index (χ1n) is 6.55. The second-order valence-corrected chi connectivity index (χ2v) is 6.92. The molecule has 0 radical (unpaired) electrons. The highest BCUT2D eigenvalue weighted by atomic mass is 16.5. The normalized spacial score (nSPS) is 12.2. The van der Waals surface area contributed by atoms with Gasteiger partial charge in [0.2, 0.25) is 0 Å². The molecule has 1 amide bonds. The van der Waals surface area contributed by atoms with Crippen LogP contribution in [0, 0.1) is 0 Å². The summed E-state index contributed by atoms with van der Waals surface area (Å²) < 4.78 is 4.66. The highest BCUT2D eigenvalue weighted by molar-refractivity contribution is 5.84. The number of carbonyl (C=O) groups is 1. The molecule has 1 N–H and O–H groups in total. The van der Waals surface area contributed by atoms with Crippen LogP contribution >= 0.6 is 0 Å². The van der Waals surface area contributed by atoms with Gasteiger partial charge in [-0.25, -0.2) is 4.79 Å². The maximum Gasteiger partial charge on any atom is 0.411 e. The number of amides is 1. The van der Waals surface area contributed by atoms with Gasteiger partial charge in [0.05, 0.1) is 7.11 Å². The molecule has 0 spiro atoms. The zero-order valence-electron chi connectivity index (χ0n) is 13.0. The summed E-state index contributed by atoms with van der Waals surface area (Å²) in [6.07, 6.45) is -0.439. The van der Waals surface area contributed by atoms with E-state index in [1.54, 1.807) is 0 Å². The molecule has 3 heteroatoms. The monoisotopic (exact) mass is 263 g/mol. The van der Waals surface area contributed by atoms with Crippen LogP contribution < -0.4 is 5.32 Å². The first-order valence-corrected chi connectivity index (χ1v) is 6.55. The van der Waals surface area contributed by atoms with Crippen molar-refractivity contribution in [1.82, 2.24) is 0 Å². The molecule has 106 valence electrons. The Labute approximate surface area is 116 Å². The van der Waals surface area contributed by atoms with E-state index >= 15 is 0 Å². The van der Waals surface area contributed by atoms with Crippen molar-refractivity contribution in [2.75, 3.05) is 12.4 Å². The molecule has 0 aromatic heterocycles. The van der Waals surface area contributed by atoms with Crippen molar-refractivity contribution >= 4 is 11.8 Å². The molecular formula is C16H25NO2. The Morgan fingerprint density at radius 1 is 0.947 bits per heavy atom. The van der Waals surface area contributed by atoms with Crippen LogP contribution in [0.4, 0.5) is 10.5 Å². The lowest BCUT2D eigenvalue weighted by atomic mass is 9.80. The van der Waals surface area contributed by atoms with E-state index in [1.165, 1.54) is 18.2 Å². The van der Waals surface area contributed by atoms with Crippen molar-refractivity contribution in [2.45, 2.75) is 52.4 Å². The first-order chi connectivity index (χ1) is 8.54. The number of anilines is 1. The van der Waals surface area contributed by atoms with Gasteiger partial charge in [-0.15, -0.1) is 0 Å². The number of hydrogen-bond acceptors (Lipinski definition) is 2. The van der Waals surface area contributed by atoms with Crippen molar-refractivity contribution in [2.24, 2.45) is 0 Å². The molecule has 0 aliphatic heterocycles. The minimum absolute atomic E-state index is 0.0355. The summed E-state index contributed by atoms with van der Waals surface area (Å²) in [5, 5.41) is 2.76. The molecule has 0 fully saturated rings. The molecule has 0 saturated heterocycles. The van der Waals surface area contributed by atoms with Crippen molar-refractivity contribution < 1.29 is 9.53 Å². The summed E-state index contributed by atoms with van der Waals surface area (Å²) in [5.41, 5.74) is 3.25. The molecule has 1 aromatic rings. The first kappa shape index (κ1) is 15.5. The highest BCUT2D eigenvalue weighted by Crippen LogP contribution is 2.32. The Morgan fingerprint density at radius 2 is 1.37 bits per heavy atom. The fourth-order valence-electron chi connectivity index (χ4n) is 1.73. The molecule has 0 heterocycles. The van der Waals surface area contributed by atoms with E-state index in [2.05, 4.69) is 57.7 Å². The molecule has 3 nitrogen and oxygen atoms in total. The maximum atomic E-state index is 11.4. The Hall–Kier alpha value is -1.51. The van der Waals surface area contributed by atoms with Gasteiger partial charge in [0.1, 0.15) is 0 Å². The molecule has 19 heavy (non-hydrogen) atoms. The molecule has 0 atom stereocenters. The van der Waals surface area contributed by atoms with Gasteiger partial charge in [0, 0.05) is 5.69 Å². The zero-order valence-corrected chi connectivity index (χ0v) is 13.0. The fraction of sp³-hybridized carbons (Fsp3) is 0.562. The number of hydrogen-bond donors (Lipinski definition) is 1. The minimum Gasteiger partial charge on any atom is -0.453 e. The molecule has 0 unspecified atom stereocenters. The molecule has 1 rings (SSSR count). The topological polar surface area (TPSA) is 38.3 Å². The Kier molecular flexibility index (Phi) is 4.28. The standard InChI is InChI=1S/C16H25NO2/c1-15(2,3)11-8-12(16(4,5)6)10-13(9-11)17-14(18)19-7/h8-10H,1-7H3,(H,17,18). The largest absolute Gasteiger partial charge is 0.453 e. The Balaban J connectivity index is 3.29. The number of nitrogens with one attached hydrogen (secondary N) is 1. The molecule has 1 aromatic carbocycles. The van der Waals surface area contributed by atoms with Crippen molar-refractivity contribution in [3.05, 3.63) is 29.3 Å². The van der Waals surface area contributed by atoms with Crippen molar-refractivity contribution in [1.29, 1.82) is 0 Å². The Morgan fingerprint density at radius 3 is 1.68 bits per heavy atom. The van der Waals surface area contributed by atoms with Gasteiger partial charge >= 0.3 is 6.09 Å². The van der Waals surface area contributed by atoms with E-state index in [1.807, 2.05) is 12.1 Å². The number of methoxy groups -OCH3 is 1. The maximum absolute atomic E-state index is 11.4. The van der Waals surface area contributed by atoms with E-state index in [0.717, 1.165) is 5.69 Å². The quantitative estimate of drug-likeness (QED) is 0.812. The van der Waals surface area contributed by atoms with Gasteiger partial charge in [0.15, 0.2) is 0 Å². The van der Waals surface area contributed by atoms with E-state index in [9.17, 15) is 4.79 Å². The number of rotatable bonds is 1. The molecular weight excluding hydrogens is 238 g/mol.